The molecule has 2 amide bonds. The molecule has 2 atom stereocenters. The van der Waals surface area contributed by atoms with Gasteiger partial charge in [-0.3, -0.25) is 13.9 Å². The maximum Gasteiger partial charge on any atom is 0.244 e. The van der Waals surface area contributed by atoms with E-state index in [1.807, 2.05) is 33.8 Å². The SMILES string of the molecule is CC[C@@H](C)NC(=O)[C@@H](CC)N(Cc1ccc(F)cc1)C(=O)CN(c1cc(C)cc(C)c1)S(C)(=O)=O. The first-order valence-corrected chi connectivity index (χ1v) is 13.6. The minimum absolute atomic E-state index is 0.0377. The summed E-state index contributed by atoms with van der Waals surface area (Å²) in [5.41, 5.74) is 2.75. The van der Waals surface area contributed by atoms with E-state index >= 15 is 0 Å². The summed E-state index contributed by atoms with van der Waals surface area (Å²) in [5, 5.41) is 2.92. The highest BCUT2D eigenvalue weighted by Gasteiger charge is 2.32. The van der Waals surface area contributed by atoms with E-state index < -0.39 is 34.3 Å². The Balaban J connectivity index is 2.46. The fraction of sp³-hybridized carbons (Fsp3) is 0.462. The molecule has 0 saturated heterocycles. The Morgan fingerprint density at radius 1 is 1.00 bits per heavy atom. The monoisotopic (exact) mass is 505 g/mol. The van der Waals surface area contributed by atoms with Gasteiger partial charge in [0.05, 0.1) is 11.9 Å². The van der Waals surface area contributed by atoms with Crippen molar-refractivity contribution in [2.75, 3.05) is 17.1 Å². The molecule has 0 aliphatic heterocycles. The molecule has 7 nitrogen and oxygen atoms in total. The number of halogens is 1. The normalized spacial score (nSPS) is 13.1. The smallest absolute Gasteiger partial charge is 0.244 e. The number of hydrogen-bond donors (Lipinski definition) is 1. The number of anilines is 1. The van der Waals surface area contributed by atoms with Gasteiger partial charge in [0.25, 0.3) is 0 Å². The molecule has 0 bridgehead atoms. The van der Waals surface area contributed by atoms with Crippen LogP contribution in [0.3, 0.4) is 0 Å². The number of benzene rings is 2. The molecule has 1 N–H and O–H groups in total. The molecule has 0 aliphatic carbocycles. The highest BCUT2D eigenvalue weighted by Crippen LogP contribution is 2.22. The lowest BCUT2D eigenvalue weighted by atomic mass is 10.1. The van der Waals surface area contributed by atoms with Gasteiger partial charge in [-0.2, -0.15) is 0 Å². The van der Waals surface area contributed by atoms with Gasteiger partial charge in [0.1, 0.15) is 18.4 Å². The molecule has 0 aromatic heterocycles. The van der Waals surface area contributed by atoms with Crippen LogP contribution in [0.25, 0.3) is 0 Å². The summed E-state index contributed by atoms with van der Waals surface area (Å²) in [5.74, 6) is -1.24. The lowest BCUT2D eigenvalue weighted by Gasteiger charge is -2.33. The number of hydrogen-bond acceptors (Lipinski definition) is 4. The Morgan fingerprint density at radius 3 is 2.06 bits per heavy atom. The molecule has 2 aromatic rings. The van der Waals surface area contributed by atoms with Gasteiger partial charge in [-0.05, 0) is 74.6 Å². The lowest BCUT2D eigenvalue weighted by Crippen LogP contribution is -2.53. The Hall–Kier alpha value is -2.94. The summed E-state index contributed by atoms with van der Waals surface area (Å²) in [7, 11) is -3.80. The van der Waals surface area contributed by atoms with Crippen molar-refractivity contribution in [1.82, 2.24) is 10.2 Å². The number of carbonyl (C=O) groups excluding carboxylic acids is 2. The minimum Gasteiger partial charge on any atom is -0.352 e. The Morgan fingerprint density at radius 2 is 1.57 bits per heavy atom. The highest BCUT2D eigenvalue weighted by atomic mass is 32.2. The van der Waals surface area contributed by atoms with Gasteiger partial charge in [-0.15, -0.1) is 0 Å². The summed E-state index contributed by atoms with van der Waals surface area (Å²) in [6, 6.07) is 10.1. The van der Waals surface area contributed by atoms with Crippen molar-refractivity contribution in [2.45, 2.75) is 66.1 Å². The predicted octanol–water partition coefficient (Wildman–Crippen LogP) is 3.93. The average Bonchev–Trinajstić information content (AvgIpc) is 2.76. The van der Waals surface area contributed by atoms with Crippen molar-refractivity contribution in [3.05, 3.63) is 65.0 Å². The molecule has 2 rings (SSSR count). The third-order valence-corrected chi connectivity index (χ3v) is 6.97. The maximum atomic E-state index is 13.6. The van der Waals surface area contributed by atoms with E-state index in [-0.39, 0.29) is 18.5 Å². The van der Waals surface area contributed by atoms with Crippen LogP contribution < -0.4 is 9.62 Å². The first-order valence-electron chi connectivity index (χ1n) is 11.8. The standard InChI is InChI=1S/C26H36FN3O4S/c1-7-20(5)28-26(32)24(8-2)29(16-21-9-11-22(27)12-10-21)25(31)17-30(35(6,33)34)23-14-18(3)13-19(4)15-23/h9-15,20,24H,7-8,16-17H2,1-6H3,(H,28,32)/t20-,24-/m1/s1. The maximum absolute atomic E-state index is 13.6. The molecule has 0 aliphatic rings. The van der Waals surface area contributed by atoms with Crippen molar-refractivity contribution < 1.29 is 22.4 Å². The van der Waals surface area contributed by atoms with Crippen LogP contribution >= 0.6 is 0 Å². The van der Waals surface area contributed by atoms with Crippen LogP contribution in [0.2, 0.25) is 0 Å². The molecule has 0 fully saturated rings. The number of nitrogens with zero attached hydrogens (tertiary/aromatic N) is 2. The van der Waals surface area contributed by atoms with E-state index in [0.717, 1.165) is 28.1 Å². The fourth-order valence-electron chi connectivity index (χ4n) is 3.86. The fourth-order valence-corrected chi connectivity index (χ4v) is 4.69. The molecular formula is C26H36FN3O4S. The van der Waals surface area contributed by atoms with Crippen LogP contribution in [0.15, 0.2) is 42.5 Å². The number of rotatable bonds is 11. The summed E-state index contributed by atoms with van der Waals surface area (Å²) in [4.78, 5) is 28.1. The van der Waals surface area contributed by atoms with Gasteiger partial charge >= 0.3 is 0 Å². The van der Waals surface area contributed by atoms with E-state index in [1.54, 1.807) is 31.2 Å². The van der Waals surface area contributed by atoms with E-state index in [4.69, 9.17) is 0 Å². The predicted molar refractivity (Wildman–Crippen MR) is 137 cm³/mol. The van der Waals surface area contributed by atoms with E-state index in [2.05, 4.69) is 5.32 Å². The van der Waals surface area contributed by atoms with Gasteiger partial charge in [0.2, 0.25) is 21.8 Å². The van der Waals surface area contributed by atoms with Crippen molar-refractivity contribution in [1.29, 1.82) is 0 Å². The van der Waals surface area contributed by atoms with Gasteiger partial charge in [-0.25, -0.2) is 12.8 Å². The van der Waals surface area contributed by atoms with E-state index in [0.29, 0.717) is 17.7 Å². The van der Waals surface area contributed by atoms with Gasteiger partial charge in [0, 0.05) is 12.6 Å². The quantitative estimate of drug-likeness (QED) is 0.501. The summed E-state index contributed by atoms with van der Waals surface area (Å²) >= 11 is 0. The number of carbonyl (C=O) groups is 2. The summed E-state index contributed by atoms with van der Waals surface area (Å²) in [6.45, 7) is 8.90. The molecule has 0 unspecified atom stereocenters. The number of nitrogens with one attached hydrogen (secondary N) is 1. The zero-order valence-electron chi connectivity index (χ0n) is 21.3. The van der Waals surface area contributed by atoms with Gasteiger partial charge in [-0.1, -0.05) is 32.0 Å². The zero-order chi connectivity index (χ0) is 26.3. The van der Waals surface area contributed by atoms with Crippen LogP contribution in [0, 0.1) is 19.7 Å². The lowest BCUT2D eigenvalue weighted by molar-refractivity contribution is -0.140. The molecule has 35 heavy (non-hydrogen) atoms. The number of sulfonamides is 1. The van der Waals surface area contributed by atoms with Crippen molar-refractivity contribution >= 4 is 27.5 Å². The molecule has 0 radical (unpaired) electrons. The van der Waals surface area contributed by atoms with Crippen LogP contribution in [0.1, 0.15) is 50.3 Å². The van der Waals surface area contributed by atoms with Crippen molar-refractivity contribution in [3.63, 3.8) is 0 Å². The summed E-state index contributed by atoms with van der Waals surface area (Å²) in [6.07, 6.45) is 2.11. The topological polar surface area (TPSA) is 86.8 Å². The minimum atomic E-state index is -3.80. The van der Waals surface area contributed by atoms with Crippen LogP contribution in [0.5, 0.6) is 0 Å². The summed E-state index contributed by atoms with van der Waals surface area (Å²) < 4.78 is 39.9. The second-order valence-electron chi connectivity index (χ2n) is 9.01. The van der Waals surface area contributed by atoms with Crippen LogP contribution in [0.4, 0.5) is 10.1 Å². The van der Waals surface area contributed by atoms with Crippen LogP contribution in [-0.2, 0) is 26.2 Å². The molecule has 0 heterocycles. The number of aryl methyl sites for hydroxylation is 2. The molecule has 0 saturated carbocycles. The Kier molecular flexibility index (Phi) is 9.82. The van der Waals surface area contributed by atoms with E-state index in [1.165, 1.54) is 17.0 Å². The largest absolute Gasteiger partial charge is 0.352 e. The molecule has 0 spiro atoms. The van der Waals surface area contributed by atoms with Crippen molar-refractivity contribution in [3.8, 4) is 0 Å². The van der Waals surface area contributed by atoms with Gasteiger partial charge in [0.15, 0.2) is 0 Å². The molecule has 2 aromatic carbocycles. The van der Waals surface area contributed by atoms with E-state index in [9.17, 15) is 22.4 Å². The Labute approximate surface area is 208 Å². The van der Waals surface area contributed by atoms with Gasteiger partial charge < -0.3 is 10.2 Å². The Bertz CT molecular complexity index is 1120. The molecule has 192 valence electrons. The van der Waals surface area contributed by atoms with Crippen LogP contribution in [-0.4, -0.2) is 50.0 Å². The zero-order valence-corrected chi connectivity index (χ0v) is 22.2. The molecular weight excluding hydrogens is 469 g/mol. The highest BCUT2D eigenvalue weighted by molar-refractivity contribution is 7.92. The third-order valence-electron chi connectivity index (χ3n) is 5.83. The van der Waals surface area contributed by atoms with Crippen molar-refractivity contribution in [2.24, 2.45) is 0 Å². The second-order valence-corrected chi connectivity index (χ2v) is 10.9. The third kappa shape index (κ3) is 8.06. The number of amides is 2. The first kappa shape index (κ1) is 28.3. The average molecular weight is 506 g/mol. The molecule has 9 heteroatoms. The second kappa shape index (κ2) is 12.2. The first-order chi connectivity index (χ1) is 16.3.